The summed E-state index contributed by atoms with van der Waals surface area (Å²) in [5.41, 5.74) is 0.0963. The fraction of sp³-hybridized carbons (Fsp3) is 0.125. The normalized spacial score (nSPS) is 10.3. The van der Waals surface area contributed by atoms with Crippen molar-refractivity contribution in [3.8, 4) is 11.5 Å². The molecule has 0 fully saturated rings. The van der Waals surface area contributed by atoms with E-state index in [1.807, 2.05) is 0 Å². The smallest absolute Gasteiger partial charge is 0.261 e. The van der Waals surface area contributed by atoms with Gasteiger partial charge in [-0.1, -0.05) is 0 Å². The van der Waals surface area contributed by atoms with Crippen molar-refractivity contribution in [1.29, 1.82) is 0 Å². The van der Waals surface area contributed by atoms with Gasteiger partial charge in [-0.2, -0.15) is 0 Å². The number of amides is 1. The van der Waals surface area contributed by atoms with Gasteiger partial charge in [-0.3, -0.25) is 14.6 Å². The van der Waals surface area contributed by atoms with Crippen LogP contribution in [0.4, 0.5) is 5.82 Å². The number of nitrogens with one attached hydrogen (secondary N) is 3. The van der Waals surface area contributed by atoms with Gasteiger partial charge in [-0.15, -0.1) is 0 Å². The summed E-state index contributed by atoms with van der Waals surface area (Å²) in [5, 5.41) is 5.68. The van der Waals surface area contributed by atoms with Crippen LogP contribution in [0.15, 0.2) is 58.3 Å². The number of H-pyrrole nitrogens is 1. The number of rotatable bonds is 6. The molecule has 8 nitrogen and oxygen atoms in total. The van der Waals surface area contributed by atoms with E-state index in [4.69, 9.17) is 4.42 Å². The van der Waals surface area contributed by atoms with E-state index in [-0.39, 0.29) is 5.56 Å². The van der Waals surface area contributed by atoms with Crippen molar-refractivity contribution in [3.05, 3.63) is 65.0 Å². The lowest BCUT2D eigenvalue weighted by molar-refractivity contribution is 0.0953. The molecule has 0 bridgehead atoms. The van der Waals surface area contributed by atoms with Gasteiger partial charge < -0.3 is 20.0 Å². The van der Waals surface area contributed by atoms with Crippen LogP contribution in [0.3, 0.4) is 0 Å². The highest BCUT2D eigenvalue weighted by atomic mass is 16.3. The molecule has 8 heteroatoms. The van der Waals surface area contributed by atoms with Crippen molar-refractivity contribution in [2.24, 2.45) is 0 Å². The first-order valence-electron chi connectivity index (χ1n) is 7.29. The van der Waals surface area contributed by atoms with Gasteiger partial charge >= 0.3 is 0 Å². The van der Waals surface area contributed by atoms with E-state index in [0.717, 1.165) is 0 Å². The average Bonchev–Trinajstić information content (AvgIpc) is 3.14. The Morgan fingerprint density at radius 1 is 1.21 bits per heavy atom. The fourth-order valence-corrected chi connectivity index (χ4v) is 2.08. The summed E-state index contributed by atoms with van der Waals surface area (Å²) in [5.74, 6) is 0.711. The lowest BCUT2D eigenvalue weighted by Gasteiger charge is -2.07. The van der Waals surface area contributed by atoms with Gasteiger partial charge in [0.15, 0.2) is 0 Å². The SMILES string of the molecule is O=C(NCCNc1cnccn1)c1ccc(-c2ccco2)[nH]c1=O. The molecule has 0 aliphatic carbocycles. The molecule has 0 aliphatic rings. The van der Waals surface area contributed by atoms with Crippen LogP contribution in [0.25, 0.3) is 11.5 Å². The van der Waals surface area contributed by atoms with Gasteiger partial charge in [0.25, 0.3) is 11.5 Å². The Morgan fingerprint density at radius 3 is 2.83 bits per heavy atom. The molecule has 3 aromatic rings. The highest BCUT2D eigenvalue weighted by Gasteiger charge is 2.11. The van der Waals surface area contributed by atoms with Gasteiger partial charge in [0.1, 0.15) is 17.1 Å². The maximum Gasteiger partial charge on any atom is 0.261 e. The number of aromatic amines is 1. The average molecular weight is 325 g/mol. The molecule has 0 radical (unpaired) electrons. The number of furan rings is 1. The molecule has 0 saturated carbocycles. The fourth-order valence-electron chi connectivity index (χ4n) is 2.08. The van der Waals surface area contributed by atoms with Crippen LogP contribution >= 0.6 is 0 Å². The summed E-state index contributed by atoms with van der Waals surface area (Å²) in [7, 11) is 0. The molecule has 0 aromatic carbocycles. The molecule has 24 heavy (non-hydrogen) atoms. The lowest BCUT2D eigenvalue weighted by Crippen LogP contribution is -2.33. The number of hydrogen-bond donors (Lipinski definition) is 3. The second-order valence-electron chi connectivity index (χ2n) is 4.87. The number of nitrogens with zero attached hydrogens (tertiary/aromatic N) is 2. The predicted octanol–water partition coefficient (Wildman–Crippen LogP) is 1.27. The lowest BCUT2D eigenvalue weighted by atomic mass is 10.2. The van der Waals surface area contributed by atoms with Crippen molar-refractivity contribution in [1.82, 2.24) is 20.3 Å². The zero-order chi connectivity index (χ0) is 16.8. The van der Waals surface area contributed by atoms with Crippen LogP contribution in [0.1, 0.15) is 10.4 Å². The molecule has 3 rings (SSSR count). The summed E-state index contributed by atoms with van der Waals surface area (Å²) in [6, 6.07) is 6.55. The molecule has 122 valence electrons. The van der Waals surface area contributed by atoms with Crippen LogP contribution in [-0.4, -0.2) is 33.9 Å². The number of anilines is 1. The summed E-state index contributed by atoms with van der Waals surface area (Å²) in [4.78, 5) is 34.7. The Bertz CT molecular complexity index is 859. The molecule has 0 spiro atoms. The summed E-state index contributed by atoms with van der Waals surface area (Å²) in [6.45, 7) is 0.807. The zero-order valence-corrected chi connectivity index (χ0v) is 12.7. The van der Waals surface area contributed by atoms with E-state index in [2.05, 4.69) is 25.6 Å². The Hall–Kier alpha value is -3.42. The minimum absolute atomic E-state index is 0.0461. The van der Waals surface area contributed by atoms with Gasteiger partial charge in [0.2, 0.25) is 0 Å². The van der Waals surface area contributed by atoms with E-state index >= 15 is 0 Å². The second-order valence-corrected chi connectivity index (χ2v) is 4.87. The van der Waals surface area contributed by atoms with Crippen molar-refractivity contribution in [2.45, 2.75) is 0 Å². The van der Waals surface area contributed by atoms with Gasteiger partial charge in [0, 0.05) is 25.5 Å². The Kier molecular flexibility index (Phi) is 4.66. The van der Waals surface area contributed by atoms with Gasteiger partial charge in [0.05, 0.1) is 18.2 Å². The van der Waals surface area contributed by atoms with Crippen LogP contribution in [0, 0.1) is 0 Å². The summed E-state index contributed by atoms with van der Waals surface area (Å²) >= 11 is 0. The van der Waals surface area contributed by atoms with Crippen molar-refractivity contribution in [3.63, 3.8) is 0 Å². The molecule has 1 amide bonds. The van der Waals surface area contributed by atoms with Crippen LogP contribution in [-0.2, 0) is 0 Å². The maximum atomic E-state index is 12.1. The number of hydrogen-bond acceptors (Lipinski definition) is 6. The Morgan fingerprint density at radius 2 is 2.12 bits per heavy atom. The number of aromatic nitrogens is 3. The quantitative estimate of drug-likeness (QED) is 0.588. The third-order valence-electron chi connectivity index (χ3n) is 3.22. The minimum Gasteiger partial charge on any atom is -0.463 e. The number of carbonyl (C=O) groups excluding carboxylic acids is 1. The number of pyridine rings is 1. The van der Waals surface area contributed by atoms with Crippen LogP contribution in [0.5, 0.6) is 0 Å². The Balaban J connectivity index is 1.56. The minimum atomic E-state index is -0.469. The van der Waals surface area contributed by atoms with E-state index in [1.54, 1.807) is 36.8 Å². The first-order chi connectivity index (χ1) is 11.7. The van der Waals surface area contributed by atoms with Gasteiger partial charge in [-0.25, -0.2) is 4.98 Å². The van der Waals surface area contributed by atoms with Crippen molar-refractivity contribution >= 4 is 11.7 Å². The van der Waals surface area contributed by atoms with Crippen LogP contribution < -0.4 is 16.2 Å². The van der Waals surface area contributed by atoms with Crippen molar-refractivity contribution in [2.75, 3.05) is 18.4 Å². The molecule has 3 aromatic heterocycles. The molecular formula is C16H15N5O3. The van der Waals surface area contributed by atoms with Gasteiger partial charge in [-0.05, 0) is 24.3 Å². The first-order valence-corrected chi connectivity index (χ1v) is 7.29. The predicted molar refractivity (Wildman–Crippen MR) is 87.6 cm³/mol. The summed E-state index contributed by atoms with van der Waals surface area (Å²) < 4.78 is 5.21. The Labute approximate surface area is 137 Å². The second kappa shape index (κ2) is 7.23. The zero-order valence-electron chi connectivity index (χ0n) is 12.7. The molecule has 3 N–H and O–H groups in total. The maximum absolute atomic E-state index is 12.1. The molecule has 3 heterocycles. The van der Waals surface area contributed by atoms with Crippen molar-refractivity contribution < 1.29 is 9.21 Å². The molecule has 0 atom stereocenters. The molecule has 0 unspecified atom stereocenters. The number of carbonyl (C=O) groups is 1. The standard InChI is InChI=1S/C16H15N5O3/c22-15(20-8-7-19-14-10-17-5-6-18-14)11-3-4-12(21-16(11)23)13-2-1-9-24-13/h1-6,9-10H,7-8H2,(H,18,19)(H,20,22)(H,21,23). The molecule has 0 aliphatic heterocycles. The first kappa shape index (κ1) is 15.5. The van der Waals surface area contributed by atoms with E-state index < -0.39 is 11.5 Å². The van der Waals surface area contributed by atoms with E-state index in [9.17, 15) is 9.59 Å². The molecular weight excluding hydrogens is 310 g/mol. The van der Waals surface area contributed by atoms with E-state index in [1.165, 1.54) is 12.3 Å². The highest BCUT2D eigenvalue weighted by molar-refractivity contribution is 5.94. The third-order valence-corrected chi connectivity index (χ3v) is 3.22. The largest absolute Gasteiger partial charge is 0.463 e. The third kappa shape index (κ3) is 3.67. The topological polar surface area (TPSA) is 113 Å². The van der Waals surface area contributed by atoms with E-state index in [0.29, 0.717) is 30.4 Å². The van der Waals surface area contributed by atoms with Crippen LogP contribution in [0.2, 0.25) is 0 Å². The highest BCUT2D eigenvalue weighted by Crippen LogP contribution is 2.15. The monoisotopic (exact) mass is 325 g/mol. The summed E-state index contributed by atoms with van der Waals surface area (Å²) in [6.07, 6.45) is 6.24. The molecule has 0 saturated heterocycles.